The molecule has 5 nitrogen and oxygen atoms in total. The summed E-state index contributed by atoms with van der Waals surface area (Å²) in [5, 5.41) is 5.71. The second kappa shape index (κ2) is 6.78. The molecule has 0 atom stereocenters. The van der Waals surface area contributed by atoms with Crippen LogP contribution < -0.4 is 10.6 Å². The Morgan fingerprint density at radius 1 is 1.24 bits per heavy atom. The maximum absolute atomic E-state index is 12.8. The molecular weight excluding hydrogens is 271 g/mol. The summed E-state index contributed by atoms with van der Waals surface area (Å²) in [7, 11) is 0. The topological polar surface area (TPSA) is 66.9 Å². The number of benzene rings is 1. The molecule has 0 unspecified atom stereocenters. The van der Waals surface area contributed by atoms with Gasteiger partial charge in [0.2, 0.25) is 5.95 Å². The molecule has 2 N–H and O–H groups in total. The molecule has 0 radical (unpaired) electrons. The van der Waals surface area contributed by atoms with Crippen molar-refractivity contribution in [2.75, 3.05) is 11.9 Å². The highest BCUT2D eigenvalue weighted by Crippen LogP contribution is 2.13. The second-order valence-electron chi connectivity index (χ2n) is 5.00. The third-order valence-electron chi connectivity index (χ3n) is 2.66. The highest BCUT2D eigenvalue weighted by molar-refractivity contribution is 5.92. The van der Waals surface area contributed by atoms with Crippen LogP contribution in [0.4, 0.5) is 16.0 Å². The van der Waals surface area contributed by atoms with E-state index in [0.29, 0.717) is 24.1 Å². The Balaban J connectivity index is 2.06. The summed E-state index contributed by atoms with van der Waals surface area (Å²) in [6.45, 7) is 4.62. The van der Waals surface area contributed by atoms with E-state index in [0.717, 1.165) is 0 Å². The summed E-state index contributed by atoms with van der Waals surface area (Å²) in [4.78, 5) is 20.1. The van der Waals surface area contributed by atoms with E-state index in [2.05, 4.69) is 20.6 Å². The van der Waals surface area contributed by atoms with Gasteiger partial charge in [0.05, 0.1) is 0 Å². The van der Waals surface area contributed by atoms with Crippen LogP contribution in [0.5, 0.6) is 0 Å². The summed E-state index contributed by atoms with van der Waals surface area (Å²) in [6, 6.07) is 7.36. The molecular formula is C15H17FN4O. The lowest BCUT2D eigenvalue weighted by atomic mass is 10.2. The van der Waals surface area contributed by atoms with Gasteiger partial charge in [-0.05, 0) is 36.2 Å². The maximum Gasteiger partial charge on any atom is 0.270 e. The van der Waals surface area contributed by atoms with Crippen molar-refractivity contribution in [3.05, 3.63) is 48.0 Å². The van der Waals surface area contributed by atoms with E-state index in [4.69, 9.17) is 0 Å². The average Bonchev–Trinajstić information content (AvgIpc) is 2.47. The number of hydrogen-bond acceptors (Lipinski definition) is 4. The predicted octanol–water partition coefficient (Wildman–Crippen LogP) is 2.75. The van der Waals surface area contributed by atoms with Crippen molar-refractivity contribution in [3.63, 3.8) is 0 Å². The molecule has 1 heterocycles. The Kier molecular flexibility index (Phi) is 4.81. The van der Waals surface area contributed by atoms with Crippen LogP contribution in [0.1, 0.15) is 24.3 Å². The smallest absolute Gasteiger partial charge is 0.270 e. The summed E-state index contributed by atoms with van der Waals surface area (Å²) in [5.74, 6) is 0.0999. The Hall–Kier alpha value is -2.50. The van der Waals surface area contributed by atoms with E-state index in [1.54, 1.807) is 18.2 Å². The standard InChI is InChI=1S/C15H17FN4O/c1-10(2)9-18-14(21)13-7-8-17-15(20-13)19-12-5-3-11(16)4-6-12/h3-8,10H,9H2,1-2H3,(H,18,21)(H,17,19,20). The minimum absolute atomic E-state index is 0.242. The fourth-order valence-corrected chi connectivity index (χ4v) is 1.60. The number of halogens is 1. The first-order chi connectivity index (χ1) is 10.0. The molecule has 2 aromatic rings. The maximum atomic E-state index is 12.8. The molecule has 110 valence electrons. The van der Waals surface area contributed by atoms with Crippen LogP contribution in [0.3, 0.4) is 0 Å². The molecule has 0 aliphatic rings. The van der Waals surface area contributed by atoms with Gasteiger partial charge in [0, 0.05) is 18.4 Å². The number of amides is 1. The highest BCUT2D eigenvalue weighted by Gasteiger charge is 2.09. The van der Waals surface area contributed by atoms with Crippen molar-refractivity contribution in [2.24, 2.45) is 5.92 Å². The fraction of sp³-hybridized carbons (Fsp3) is 0.267. The normalized spacial score (nSPS) is 10.5. The van der Waals surface area contributed by atoms with Crippen LogP contribution in [0.2, 0.25) is 0 Å². The summed E-state index contributed by atoms with van der Waals surface area (Å²) < 4.78 is 12.8. The molecule has 1 amide bonds. The lowest BCUT2D eigenvalue weighted by Crippen LogP contribution is -2.28. The molecule has 0 spiro atoms. The molecule has 0 aliphatic heterocycles. The molecule has 21 heavy (non-hydrogen) atoms. The van der Waals surface area contributed by atoms with E-state index in [1.807, 2.05) is 13.8 Å². The molecule has 2 rings (SSSR count). The van der Waals surface area contributed by atoms with Crippen molar-refractivity contribution in [1.29, 1.82) is 0 Å². The summed E-state index contributed by atoms with van der Waals surface area (Å²) in [6.07, 6.45) is 1.50. The van der Waals surface area contributed by atoms with E-state index < -0.39 is 0 Å². The Bertz CT molecular complexity index is 613. The van der Waals surface area contributed by atoms with Gasteiger partial charge in [-0.15, -0.1) is 0 Å². The van der Waals surface area contributed by atoms with Gasteiger partial charge in [0.25, 0.3) is 5.91 Å². The molecule has 0 saturated heterocycles. The van der Waals surface area contributed by atoms with Crippen molar-refractivity contribution < 1.29 is 9.18 Å². The predicted molar refractivity (Wildman–Crippen MR) is 78.9 cm³/mol. The number of carbonyl (C=O) groups excluding carboxylic acids is 1. The van der Waals surface area contributed by atoms with Gasteiger partial charge in [-0.25, -0.2) is 14.4 Å². The fourth-order valence-electron chi connectivity index (χ4n) is 1.60. The van der Waals surface area contributed by atoms with Gasteiger partial charge in [-0.3, -0.25) is 4.79 Å². The highest BCUT2D eigenvalue weighted by atomic mass is 19.1. The number of rotatable bonds is 5. The van der Waals surface area contributed by atoms with E-state index in [9.17, 15) is 9.18 Å². The van der Waals surface area contributed by atoms with Gasteiger partial charge >= 0.3 is 0 Å². The van der Waals surface area contributed by atoms with E-state index >= 15 is 0 Å². The van der Waals surface area contributed by atoms with Crippen LogP contribution in [0.15, 0.2) is 36.5 Å². The number of hydrogen-bond donors (Lipinski definition) is 2. The Morgan fingerprint density at radius 2 is 1.95 bits per heavy atom. The quantitative estimate of drug-likeness (QED) is 0.887. The van der Waals surface area contributed by atoms with Crippen LogP contribution >= 0.6 is 0 Å². The number of nitrogens with one attached hydrogen (secondary N) is 2. The Labute approximate surface area is 122 Å². The number of anilines is 2. The molecule has 0 fully saturated rings. The SMILES string of the molecule is CC(C)CNC(=O)c1ccnc(Nc2ccc(F)cc2)n1. The molecule has 6 heteroatoms. The minimum Gasteiger partial charge on any atom is -0.350 e. The zero-order valence-corrected chi connectivity index (χ0v) is 11.9. The molecule has 0 saturated carbocycles. The Morgan fingerprint density at radius 3 is 2.62 bits per heavy atom. The lowest BCUT2D eigenvalue weighted by Gasteiger charge is -2.08. The molecule has 0 aliphatic carbocycles. The molecule has 1 aromatic carbocycles. The zero-order chi connectivity index (χ0) is 15.2. The van der Waals surface area contributed by atoms with Gasteiger partial charge in [-0.2, -0.15) is 0 Å². The van der Waals surface area contributed by atoms with Crippen molar-refractivity contribution in [3.8, 4) is 0 Å². The van der Waals surface area contributed by atoms with Crippen LogP contribution in [0.25, 0.3) is 0 Å². The largest absolute Gasteiger partial charge is 0.350 e. The lowest BCUT2D eigenvalue weighted by molar-refractivity contribution is 0.0944. The third-order valence-corrected chi connectivity index (χ3v) is 2.66. The monoisotopic (exact) mass is 288 g/mol. The van der Waals surface area contributed by atoms with Gasteiger partial charge in [-0.1, -0.05) is 13.8 Å². The second-order valence-corrected chi connectivity index (χ2v) is 5.00. The average molecular weight is 288 g/mol. The van der Waals surface area contributed by atoms with Crippen molar-refractivity contribution in [1.82, 2.24) is 15.3 Å². The van der Waals surface area contributed by atoms with E-state index in [-0.39, 0.29) is 17.4 Å². The van der Waals surface area contributed by atoms with Crippen LogP contribution in [0, 0.1) is 11.7 Å². The van der Waals surface area contributed by atoms with Crippen LogP contribution in [-0.2, 0) is 0 Å². The third kappa shape index (κ3) is 4.52. The first-order valence-corrected chi connectivity index (χ1v) is 6.68. The minimum atomic E-state index is -0.316. The first-order valence-electron chi connectivity index (χ1n) is 6.68. The summed E-state index contributed by atoms with van der Waals surface area (Å²) in [5.41, 5.74) is 0.936. The first kappa shape index (κ1) is 14.9. The van der Waals surface area contributed by atoms with Crippen LogP contribution in [-0.4, -0.2) is 22.4 Å². The zero-order valence-electron chi connectivity index (χ0n) is 11.9. The summed E-state index contributed by atoms with van der Waals surface area (Å²) >= 11 is 0. The van der Waals surface area contributed by atoms with E-state index in [1.165, 1.54) is 18.3 Å². The van der Waals surface area contributed by atoms with Crippen molar-refractivity contribution >= 4 is 17.5 Å². The number of nitrogens with zero attached hydrogens (tertiary/aromatic N) is 2. The van der Waals surface area contributed by atoms with Gasteiger partial charge in [0.15, 0.2) is 0 Å². The number of aromatic nitrogens is 2. The number of carbonyl (C=O) groups is 1. The van der Waals surface area contributed by atoms with Gasteiger partial charge < -0.3 is 10.6 Å². The van der Waals surface area contributed by atoms with Crippen molar-refractivity contribution in [2.45, 2.75) is 13.8 Å². The molecule has 1 aromatic heterocycles. The molecule has 0 bridgehead atoms. The van der Waals surface area contributed by atoms with Gasteiger partial charge in [0.1, 0.15) is 11.5 Å².